The summed E-state index contributed by atoms with van der Waals surface area (Å²) in [6.45, 7) is 2.73. The van der Waals surface area contributed by atoms with Gasteiger partial charge in [0.25, 0.3) is 0 Å². The van der Waals surface area contributed by atoms with Crippen LogP contribution in [0, 0.1) is 0 Å². The van der Waals surface area contributed by atoms with Gasteiger partial charge in [-0.25, -0.2) is 0 Å². The minimum Gasteiger partial charge on any atom is -0.497 e. The largest absolute Gasteiger partial charge is 0.497 e. The lowest BCUT2D eigenvalue weighted by atomic mass is 10.1. The van der Waals surface area contributed by atoms with Crippen molar-refractivity contribution in [2.24, 2.45) is 0 Å². The molecular weight excluding hydrogens is 293 g/mol. The Morgan fingerprint density at radius 2 is 1.65 bits per heavy atom. The minimum atomic E-state index is 0.202. The van der Waals surface area contributed by atoms with Gasteiger partial charge in [-0.3, -0.25) is 0 Å². The Bertz CT molecular complexity index is 549. The lowest BCUT2D eigenvalue weighted by molar-refractivity contribution is 0.414. The van der Waals surface area contributed by atoms with Gasteiger partial charge >= 0.3 is 0 Å². The number of ether oxygens (including phenoxy) is 1. The second-order valence-electron chi connectivity index (χ2n) is 4.58. The van der Waals surface area contributed by atoms with Gasteiger partial charge in [-0.2, -0.15) is 0 Å². The van der Waals surface area contributed by atoms with Crippen LogP contribution in [0.5, 0.6) is 5.75 Å². The van der Waals surface area contributed by atoms with E-state index in [1.165, 1.54) is 5.56 Å². The Kier molecular flexibility index (Phi) is 5.30. The van der Waals surface area contributed by atoms with Crippen molar-refractivity contribution in [2.75, 3.05) is 7.11 Å². The third-order valence-corrected chi connectivity index (χ3v) is 3.97. The number of rotatable bonds is 5. The van der Waals surface area contributed by atoms with Crippen molar-refractivity contribution in [3.05, 3.63) is 63.6 Å². The predicted octanol–water partition coefficient (Wildman–Crippen LogP) is 4.85. The van der Waals surface area contributed by atoms with E-state index in [1.807, 2.05) is 42.5 Å². The Morgan fingerprint density at radius 3 is 2.20 bits per heavy atom. The molecule has 0 bridgehead atoms. The molecule has 2 nitrogen and oxygen atoms in total. The van der Waals surface area contributed by atoms with Crippen LogP contribution in [0.2, 0.25) is 10.0 Å². The summed E-state index contributed by atoms with van der Waals surface area (Å²) in [5.41, 5.74) is 2.12. The normalized spacial score (nSPS) is 12.2. The van der Waals surface area contributed by atoms with Crippen molar-refractivity contribution >= 4 is 23.2 Å². The molecular formula is C16H17Cl2NO. The van der Waals surface area contributed by atoms with Crippen LogP contribution in [0.4, 0.5) is 0 Å². The summed E-state index contributed by atoms with van der Waals surface area (Å²) >= 11 is 12.3. The van der Waals surface area contributed by atoms with E-state index >= 15 is 0 Å². The first kappa shape index (κ1) is 15.2. The van der Waals surface area contributed by atoms with Crippen molar-refractivity contribution in [2.45, 2.75) is 19.5 Å². The number of nitrogens with one attached hydrogen (secondary N) is 1. The van der Waals surface area contributed by atoms with Gasteiger partial charge in [0.1, 0.15) is 5.75 Å². The molecule has 0 amide bonds. The molecule has 2 aromatic rings. The molecule has 0 fully saturated rings. The highest BCUT2D eigenvalue weighted by atomic mass is 35.5. The maximum atomic E-state index is 6.16. The van der Waals surface area contributed by atoms with Gasteiger partial charge in [0.05, 0.1) is 7.11 Å². The van der Waals surface area contributed by atoms with Crippen LogP contribution in [-0.2, 0) is 6.54 Å². The molecule has 0 aliphatic rings. The maximum absolute atomic E-state index is 6.16. The van der Waals surface area contributed by atoms with Gasteiger partial charge in [-0.05, 0) is 36.8 Å². The van der Waals surface area contributed by atoms with Gasteiger partial charge in [-0.15, -0.1) is 0 Å². The molecule has 106 valence electrons. The molecule has 0 aliphatic heterocycles. The van der Waals surface area contributed by atoms with Crippen LogP contribution in [-0.4, -0.2) is 7.11 Å². The molecule has 2 aromatic carbocycles. The maximum Gasteiger partial charge on any atom is 0.118 e. The summed E-state index contributed by atoms with van der Waals surface area (Å²) in [6, 6.07) is 13.8. The molecule has 1 N–H and O–H groups in total. The lowest BCUT2D eigenvalue weighted by Crippen LogP contribution is -2.18. The highest BCUT2D eigenvalue weighted by Gasteiger charge is 2.09. The van der Waals surface area contributed by atoms with Crippen molar-refractivity contribution in [1.82, 2.24) is 5.32 Å². The molecule has 0 aromatic heterocycles. The van der Waals surface area contributed by atoms with Gasteiger partial charge in [0.2, 0.25) is 0 Å². The SMILES string of the molecule is COc1ccc([C@H](C)NCc2c(Cl)cccc2Cl)cc1. The summed E-state index contributed by atoms with van der Waals surface area (Å²) in [5, 5.41) is 4.80. The fraction of sp³-hybridized carbons (Fsp3) is 0.250. The van der Waals surface area contributed by atoms with Crippen molar-refractivity contribution < 1.29 is 4.74 Å². The number of halogens is 2. The van der Waals surface area contributed by atoms with Crippen LogP contribution in [0.15, 0.2) is 42.5 Å². The van der Waals surface area contributed by atoms with E-state index in [0.717, 1.165) is 11.3 Å². The first-order valence-corrected chi connectivity index (χ1v) is 7.17. The lowest BCUT2D eigenvalue weighted by Gasteiger charge is -2.16. The molecule has 0 radical (unpaired) electrons. The van der Waals surface area contributed by atoms with E-state index in [1.54, 1.807) is 7.11 Å². The quantitative estimate of drug-likeness (QED) is 0.852. The zero-order valence-electron chi connectivity index (χ0n) is 11.5. The van der Waals surface area contributed by atoms with Crippen LogP contribution in [0.1, 0.15) is 24.1 Å². The molecule has 2 rings (SSSR count). The number of benzene rings is 2. The topological polar surface area (TPSA) is 21.3 Å². The number of hydrogen-bond donors (Lipinski definition) is 1. The van der Waals surface area contributed by atoms with E-state index in [4.69, 9.17) is 27.9 Å². The van der Waals surface area contributed by atoms with Crippen molar-refractivity contribution in [3.63, 3.8) is 0 Å². The highest BCUT2D eigenvalue weighted by Crippen LogP contribution is 2.25. The van der Waals surface area contributed by atoms with E-state index < -0.39 is 0 Å². The molecule has 0 saturated heterocycles. The third-order valence-electron chi connectivity index (χ3n) is 3.26. The first-order chi connectivity index (χ1) is 9.61. The minimum absolute atomic E-state index is 0.202. The summed E-state index contributed by atoms with van der Waals surface area (Å²) in [6.07, 6.45) is 0. The summed E-state index contributed by atoms with van der Waals surface area (Å²) in [4.78, 5) is 0. The van der Waals surface area contributed by atoms with Crippen LogP contribution in [0.25, 0.3) is 0 Å². The first-order valence-electron chi connectivity index (χ1n) is 6.42. The van der Waals surface area contributed by atoms with E-state index in [2.05, 4.69) is 12.2 Å². The van der Waals surface area contributed by atoms with Crippen molar-refractivity contribution in [1.29, 1.82) is 0 Å². The molecule has 0 heterocycles. The third kappa shape index (κ3) is 3.66. The van der Waals surface area contributed by atoms with Crippen LogP contribution < -0.4 is 10.1 Å². The molecule has 1 atom stereocenters. The molecule has 20 heavy (non-hydrogen) atoms. The van der Waals surface area contributed by atoms with Gasteiger partial charge in [0.15, 0.2) is 0 Å². The van der Waals surface area contributed by atoms with E-state index in [-0.39, 0.29) is 6.04 Å². The Hall–Kier alpha value is -1.22. The molecule has 4 heteroatoms. The zero-order chi connectivity index (χ0) is 14.5. The average molecular weight is 310 g/mol. The number of methoxy groups -OCH3 is 1. The van der Waals surface area contributed by atoms with E-state index in [0.29, 0.717) is 16.6 Å². The molecule has 0 unspecified atom stereocenters. The molecule has 0 aliphatic carbocycles. The summed E-state index contributed by atoms with van der Waals surface area (Å²) < 4.78 is 5.15. The zero-order valence-corrected chi connectivity index (χ0v) is 13.0. The molecule has 0 spiro atoms. The predicted molar refractivity (Wildman–Crippen MR) is 84.7 cm³/mol. The fourth-order valence-corrected chi connectivity index (χ4v) is 2.50. The second kappa shape index (κ2) is 6.98. The van der Waals surface area contributed by atoms with Crippen LogP contribution in [0.3, 0.4) is 0 Å². The Balaban J connectivity index is 2.02. The summed E-state index contributed by atoms with van der Waals surface area (Å²) in [7, 11) is 1.66. The second-order valence-corrected chi connectivity index (χ2v) is 5.39. The van der Waals surface area contributed by atoms with E-state index in [9.17, 15) is 0 Å². The monoisotopic (exact) mass is 309 g/mol. The summed E-state index contributed by atoms with van der Waals surface area (Å²) in [5.74, 6) is 0.857. The van der Waals surface area contributed by atoms with Crippen LogP contribution >= 0.6 is 23.2 Å². The standard InChI is InChI=1S/C16H17Cl2NO/c1-11(12-6-8-13(20-2)9-7-12)19-10-14-15(17)4-3-5-16(14)18/h3-9,11,19H,10H2,1-2H3/t11-/m0/s1. The smallest absolute Gasteiger partial charge is 0.118 e. The molecule has 0 saturated carbocycles. The van der Waals surface area contributed by atoms with Gasteiger partial charge in [-0.1, -0.05) is 41.4 Å². The van der Waals surface area contributed by atoms with Gasteiger partial charge in [0, 0.05) is 28.2 Å². The Labute approximate surface area is 129 Å². The fourth-order valence-electron chi connectivity index (χ4n) is 1.97. The Morgan fingerprint density at radius 1 is 1.05 bits per heavy atom. The number of hydrogen-bond acceptors (Lipinski definition) is 2. The van der Waals surface area contributed by atoms with Crippen molar-refractivity contribution in [3.8, 4) is 5.75 Å². The average Bonchev–Trinajstić information content (AvgIpc) is 2.46. The van der Waals surface area contributed by atoms with Gasteiger partial charge < -0.3 is 10.1 Å². The highest BCUT2D eigenvalue weighted by molar-refractivity contribution is 6.35.